The number of rotatable bonds is 8. The zero-order chi connectivity index (χ0) is 21.5. The normalized spacial score (nSPS) is 15.0. The molecule has 5 nitrogen and oxygen atoms in total. The van der Waals surface area contributed by atoms with Gasteiger partial charge in [0.2, 0.25) is 0 Å². The maximum absolute atomic E-state index is 12.6. The molecule has 0 unspecified atom stereocenters. The first-order valence-electron chi connectivity index (χ1n) is 9.26. The summed E-state index contributed by atoms with van der Waals surface area (Å²) < 4.78 is 12.0. The van der Waals surface area contributed by atoms with Crippen molar-refractivity contribution in [1.82, 2.24) is 4.90 Å². The fourth-order valence-electron chi connectivity index (χ4n) is 2.78. The average molecular weight is 506 g/mol. The van der Waals surface area contributed by atoms with Crippen molar-refractivity contribution in [3.05, 3.63) is 69.0 Å². The first-order chi connectivity index (χ1) is 14.5. The smallest absolute Gasteiger partial charge is 0.305 e. The van der Waals surface area contributed by atoms with Gasteiger partial charge in [-0.1, -0.05) is 64.2 Å². The van der Waals surface area contributed by atoms with Crippen LogP contribution < -0.4 is 4.74 Å². The fourth-order valence-corrected chi connectivity index (χ4v) is 4.54. The molecule has 1 aliphatic heterocycles. The SMILES string of the molecule is COC(=O)CCCN1C(=O)/C(=C\c2ccc(OCc3cccc(Br)c3)cc2)SC1=S. The van der Waals surface area contributed by atoms with Crippen molar-refractivity contribution in [3.63, 3.8) is 0 Å². The maximum Gasteiger partial charge on any atom is 0.305 e. The molecule has 0 bridgehead atoms. The fraction of sp³-hybridized carbons (Fsp3) is 0.227. The first kappa shape index (κ1) is 22.5. The van der Waals surface area contributed by atoms with Gasteiger partial charge in [0, 0.05) is 17.4 Å². The van der Waals surface area contributed by atoms with Crippen LogP contribution in [0.3, 0.4) is 0 Å². The molecule has 0 N–H and O–H groups in total. The number of carbonyl (C=O) groups excluding carboxylic acids is 2. The van der Waals surface area contributed by atoms with E-state index in [1.54, 1.807) is 0 Å². The molecule has 0 radical (unpaired) electrons. The van der Waals surface area contributed by atoms with Crippen LogP contribution in [-0.2, 0) is 20.9 Å². The summed E-state index contributed by atoms with van der Waals surface area (Å²) in [5.74, 6) is 0.325. The second-order valence-corrected chi connectivity index (χ2v) is 9.09. The van der Waals surface area contributed by atoms with Gasteiger partial charge in [0.05, 0.1) is 12.0 Å². The number of nitrogens with zero attached hydrogens (tertiary/aromatic N) is 1. The van der Waals surface area contributed by atoms with Gasteiger partial charge in [-0.25, -0.2) is 0 Å². The Morgan fingerprint density at radius 3 is 2.70 bits per heavy atom. The summed E-state index contributed by atoms with van der Waals surface area (Å²) in [6, 6.07) is 15.5. The Morgan fingerprint density at radius 1 is 1.23 bits per heavy atom. The molecule has 30 heavy (non-hydrogen) atoms. The number of esters is 1. The third-order valence-electron chi connectivity index (χ3n) is 4.34. The molecule has 3 rings (SSSR count). The lowest BCUT2D eigenvalue weighted by Crippen LogP contribution is -2.29. The molecule has 1 fully saturated rings. The van der Waals surface area contributed by atoms with Crippen LogP contribution in [0.1, 0.15) is 24.0 Å². The minimum atomic E-state index is -0.293. The van der Waals surface area contributed by atoms with Gasteiger partial charge in [-0.3, -0.25) is 14.5 Å². The van der Waals surface area contributed by atoms with E-state index in [0.717, 1.165) is 21.3 Å². The number of carbonyl (C=O) groups is 2. The van der Waals surface area contributed by atoms with Crippen LogP contribution in [0.15, 0.2) is 57.9 Å². The standard InChI is InChI=1S/C22H20BrNO4S2/c1-27-20(25)6-3-11-24-21(26)19(30-22(24)29)13-15-7-9-18(10-8-15)28-14-16-4-2-5-17(23)12-16/h2,4-5,7-10,12-13H,3,6,11,14H2,1H3/b19-13+. The van der Waals surface area contributed by atoms with Crippen LogP contribution in [0.5, 0.6) is 5.75 Å². The van der Waals surface area contributed by atoms with E-state index in [0.29, 0.717) is 28.8 Å². The molecule has 0 aliphatic carbocycles. The van der Waals surface area contributed by atoms with Gasteiger partial charge in [-0.15, -0.1) is 0 Å². The van der Waals surface area contributed by atoms with Gasteiger partial charge >= 0.3 is 5.97 Å². The topological polar surface area (TPSA) is 55.8 Å². The predicted molar refractivity (Wildman–Crippen MR) is 126 cm³/mol. The molecule has 0 spiro atoms. The van der Waals surface area contributed by atoms with Gasteiger partial charge in [0.1, 0.15) is 16.7 Å². The van der Waals surface area contributed by atoms with Crippen molar-refractivity contribution in [1.29, 1.82) is 0 Å². The summed E-state index contributed by atoms with van der Waals surface area (Å²) in [6.45, 7) is 0.877. The molecule has 2 aromatic rings. The van der Waals surface area contributed by atoms with Gasteiger partial charge < -0.3 is 9.47 Å². The Morgan fingerprint density at radius 2 is 2.00 bits per heavy atom. The Balaban J connectivity index is 1.57. The van der Waals surface area contributed by atoms with Crippen molar-refractivity contribution < 1.29 is 19.1 Å². The molecule has 156 valence electrons. The molecule has 1 amide bonds. The summed E-state index contributed by atoms with van der Waals surface area (Å²) in [6.07, 6.45) is 2.59. The molecular formula is C22H20BrNO4S2. The lowest BCUT2D eigenvalue weighted by molar-refractivity contribution is -0.141. The van der Waals surface area contributed by atoms with E-state index in [1.807, 2.05) is 54.6 Å². The van der Waals surface area contributed by atoms with E-state index in [-0.39, 0.29) is 18.3 Å². The van der Waals surface area contributed by atoms with Crippen LogP contribution in [0.4, 0.5) is 0 Å². The maximum atomic E-state index is 12.6. The van der Waals surface area contributed by atoms with Crippen molar-refractivity contribution in [2.45, 2.75) is 19.4 Å². The molecule has 0 aromatic heterocycles. The molecule has 0 atom stereocenters. The van der Waals surface area contributed by atoms with Crippen molar-refractivity contribution in [3.8, 4) is 5.75 Å². The van der Waals surface area contributed by atoms with Crippen LogP contribution in [-0.4, -0.2) is 34.8 Å². The minimum absolute atomic E-state index is 0.134. The van der Waals surface area contributed by atoms with Crippen LogP contribution in [0.2, 0.25) is 0 Å². The molecule has 1 aliphatic rings. The summed E-state index contributed by atoms with van der Waals surface area (Å²) in [7, 11) is 1.35. The number of halogens is 1. The van der Waals surface area contributed by atoms with Crippen molar-refractivity contribution in [2.24, 2.45) is 0 Å². The average Bonchev–Trinajstić information content (AvgIpc) is 3.00. The molecule has 1 heterocycles. The lowest BCUT2D eigenvalue weighted by Gasteiger charge is -2.13. The highest BCUT2D eigenvalue weighted by Gasteiger charge is 2.31. The van der Waals surface area contributed by atoms with Gasteiger partial charge in [-0.2, -0.15) is 0 Å². The van der Waals surface area contributed by atoms with Crippen molar-refractivity contribution in [2.75, 3.05) is 13.7 Å². The largest absolute Gasteiger partial charge is 0.489 e. The zero-order valence-corrected chi connectivity index (χ0v) is 19.5. The summed E-state index contributed by atoms with van der Waals surface area (Å²) in [5, 5.41) is 0. The Hall–Kier alpha value is -2.16. The van der Waals surface area contributed by atoms with Crippen molar-refractivity contribution >= 4 is 62.2 Å². The third-order valence-corrected chi connectivity index (χ3v) is 6.21. The third kappa shape index (κ3) is 6.17. The number of amides is 1. The number of methoxy groups -OCH3 is 1. The Kier molecular flexibility index (Phi) is 8.07. The molecule has 0 saturated carbocycles. The van der Waals surface area contributed by atoms with Crippen LogP contribution >= 0.6 is 39.9 Å². The van der Waals surface area contributed by atoms with E-state index in [1.165, 1.54) is 23.8 Å². The number of hydrogen-bond acceptors (Lipinski definition) is 6. The predicted octanol–water partition coefficient (Wildman–Crippen LogP) is 5.18. The van der Waals surface area contributed by atoms with Gasteiger partial charge in [-0.05, 0) is 47.9 Å². The van der Waals surface area contributed by atoms with Crippen LogP contribution in [0, 0.1) is 0 Å². The van der Waals surface area contributed by atoms with E-state index in [4.69, 9.17) is 17.0 Å². The number of thioether (sulfide) groups is 1. The molecule has 1 saturated heterocycles. The first-order valence-corrected chi connectivity index (χ1v) is 11.3. The number of ether oxygens (including phenoxy) is 2. The van der Waals surface area contributed by atoms with Gasteiger partial charge in [0.25, 0.3) is 5.91 Å². The van der Waals surface area contributed by atoms with E-state index < -0.39 is 0 Å². The summed E-state index contributed by atoms with van der Waals surface area (Å²) in [5.41, 5.74) is 1.96. The van der Waals surface area contributed by atoms with Gasteiger partial charge in [0.15, 0.2) is 0 Å². The molecule has 2 aromatic carbocycles. The van der Waals surface area contributed by atoms with E-state index >= 15 is 0 Å². The van der Waals surface area contributed by atoms with E-state index in [9.17, 15) is 9.59 Å². The summed E-state index contributed by atoms with van der Waals surface area (Å²) >= 11 is 10.0. The lowest BCUT2D eigenvalue weighted by atomic mass is 10.2. The Labute approximate surface area is 193 Å². The number of thiocarbonyl (C=S) groups is 1. The second kappa shape index (κ2) is 10.7. The molecule has 8 heteroatoms. The zero-order valence-electron chi connectivity index (χ0n) is 16.3. The second-order valence-electron chi connectivity index (χ2n) is 6.50. The number of benzene rings is 2. The summed E-state index contributed by atoms with van der Waals surface area (Å²) in [4.78, 5) is 26.0. The quantitative estimate of drug-likeness (QED) is 0.279. The number of hydrogen-bond donors (Lipinski definition) is 0. The molecular weight excluding hydrogens is 486 g/mol. The highest BCUT2D eigenvalue weighted by molar-refractivity contribution is 9.10. The highest BCUT2D eigenvalue weighted by Crippen LogP contribution is 2.33. The minimum Gasteiger partial charge on any atom is -0.489 e. The Bertz CT molecular complexity index is 975. The van der Waals surface area contributed by atoms with Crippen LogP contribution in [0.25, 0.3) is 6.08 Å². The van der Waals surface area contributed by atoms with E-state index in [2.05, 4.69) is 20.7 Å². The highest BCUT2D eigenvalue weighted by atomic mass is 79.9. The monoisotopic (exact) mass is 505 g/mol.